The van der Waals surface area contributed by atoms with Crippen LogP contribution in [0.5, 0.6) is 11.5 Å². The van der Waals surface area contributed by atoms with Crippen molar-refractivity contribution in [2.45, 2.75) is 38.8 Å². The third-order valence-electron chi connectivity index (χ3n) is 5.40. The molecule has 4 rings (SSSR count). The first-order chi connectivity index (χ1) is 13.8. The molecule has 2 aromatic carbocycles. The summed E-state index contributed by atoms with van der Waals surface area (Å²) in [7, 11) is 1.67. The van der Waals surface area contributed by atoms with Crippen molar-refractivity contribution in [1.29, 1.82) is 0 Å². The molecule has 5 nitrogen and oxygen atoms in total. The SMILES string of the molecule is COc1ccccc1OCCCn1c(CN2CCCCC2)nc2ccccc21. The molecule has 1 fully saturated rings. The number of hydrogen-bond acceptors (Lipinski definition) is 4. The highest BCUT2D eigenvalue weighted by molar-refractivity contribution is 5.75. The number of likely N-dealkylation sites (tertiary alicyclic amines) is 1. The molecule has 1 aromatic heterocycles. The van der Waals surface area contributed by atoms with Crippen molar-refractivity contribution in [2.75, 3.05) is 26.8 Å². The van der Waals surface area contributed by atoms with Crippen LogP contribution in [0.1, 0.15) is 31.5 Å². The van der Waals surface area contributed by atoms with Crippen molar-refractivity contribution >= 4 is 11.0 Å². The first-order valence-corrected chi connectivity index (χ1v) is 10.3. The predicted molar refractivity (Wildman–Crippen MR) is 112 cm³/mol. The van der Waals surface area contributed by atoms with E-state index in [0.29, 0.717) is 6.61 Å². The molecule has 0 radical (unpaired) electrons. The minimum absolute atomic E-state index is 0.649. The number of nitrogens with zero attached hydrogens (tertiary/aromatic N) is 3. The molecule has 0 amide bonds. The zero-order chi connectivity index (χ0) is 19.2. The number of benzene rings is 2. The van der Waals surface area contributed by atoms with Gasteiger partial charge in [0, 0.05) is 6.54 Å². The third-order valence-corrected chi connectivity index (χ3v) is 5.40. The van der Waals surface area contributed by atoms with E-state index in [1.165, 1.54) is 43.7 Å². The Morgan fingerprint density at radius 3 is 2.50 bits per heavy atom. The summed E-state index contributed by atoms with van der Waals surface area (Å²) < 4.78 is 13.7. The van der Waals surface area contributed by atoms with E-state index in [4.69, 9.17) is 14.5 Å². The molecular formula is C23H29N3O2. The molecule has 0 bridgehead atoms. The van der Waals surface area contributed by atoms with Crippen LogP contribution in [0.25, 0.3) is 11.0 Å². The highest BCUT2D eigenvalue weighted by Gasteiger charge is 2.16. The highest BCUT2D eigenvalue weighted by Crippen LogP contribution is 2.26. The van der Waals surface area contributed by atoms with Crippen molar-refractivity contribution in [2.24, 2.45) is 0 Å². The van der Waals surface area contributed by atoms with Crippen LogP contribution >= 0.6 is 0 Å². The molecule has 5 heteroatoms. The van der Waals surface area contributed by atoms with Crippen LogP contribution in [0.15, 0.2) is 48.5 Å². The zero-order valence-corrected chi connectivity index (χ0v) is 16.6. The Balaban J connectivity index is 1.43. The number of piperidine rings is 1. The van der Waals surface area contributed by atoms with Gasteiger partial charge in [0.15, 0.2) is 11.5 Å². The minimum Gasteiger partial charge on any atom is -0.493 e. The quantitative estimate of drug-likeness (QED) is 0.540. The number of aryl methyl sites for hydroxylation is 1. The maximum absolute atomic E-state index is 5.96. The Bertz CT molecular complexity index is 900. The molecule has 0 aliphatic carbocycles. The highest BCUT2D eigenvalue weighted by atomic mass is 16.5. The molecule has 2 heterocycles. The molecule has 0 N–H and O–H groups in total. The van der Waals surface area contributed by atoms with Crippen LogP contribution in [0.3, 0.4) is 0 Å². The molecule has 0 atom stereocenters. The first kappa shape index (κ1) is 18.8. The van der Waals surface area contributed by atoms with Gasteiger partial charge in [0.1, 0.15) is 5.82 Å². The van der Waals surface area contributed by atoms with Gasteiger partial charge in [-0.2, -0.15) is 0 Å². The molecule has 0 unspecified atom stereocenters. The number of hydrogen-bond donors (Lipinski definition) is 0. The van der Waals surface area contributed by atoms with Gasteiger partial charge in [0.2, 0.25) is 0 Å². The Kier molecular flexibility index (Phi) is 6.12. The second-order valence-corrected chi connectivity index (χ2v) is 7.36. The van der Waals surface area contributed by atoms with Gasteiger partial charge in [-0.1, -0.05) is 30.7 Å². The van der Waals surface area contributed by atoms with Gasteiger partial charge >= 0.3 is 0 Å². The fraction of sp³-hybridized carbons (Fsp3) is 0.435. The van der Waals surface area contributed by atoms with Crippen LogP contribution in [0.4, 0.5) is 0 Å². The van der Waals surface area contributed by atoms with E-state index >= 15 is 0 Å². The molecular weight excluding hydrogens is 350 g/mol. The molecule has 0 saturated carbocycles. The van der Waals surface area contributed by atoms with Gasteiger partial charge in [0.25, 0.3) is 0 Å². The maximum atomic E-state index is 5.96. The predicted octanol–water partition coefficient (Wildman–Crippen LogP) is 4.50. The Morgan fingerprint density at radius 2 is 1.68 bits per heavy atom. The average molecular weight is 380 g/mol. The lowest BCUT2D eigenvalue weighted by Crippen LogP contribution is -2.30. The van der Waals surface area contributed by atoms with Gasteiger partial charge in [-0.3, -0.25) is 4.90 Å². The van der Waals surface area contributed by atoms with Crippen molar-refractivity contribution in [3.63, 3.8) is 0 Å². The van der Waals surface area contributed by atoms with Crippen LogP contribution in [0, 0.1) is 0 Å². The Morgan fingerprint density at radius 1 is 0.929 bits per heavy atom. The second kappa shape index (κ2) is 9.11. The van der Waals surface area contributed by atoms with Crippen LogP contribution < -0.4 is 9.47 Å². The zero-order valence-electron chi connectivity index (χ0n) is 16.6. The van der Waals surface area contributed by atoms with Crippen LogP contribution in [-0.2, 0) is 13.1 Å². The summed E-state index contributed by atoms with van der Waals surface area (Å²) in [6.07, 6.45) is 4.87. The van der Waals surface area contributed by atoms with Crippen molar-refractivity contribution in [3.8, 4) is 11.5 Å². The van der Waals surface area contributed by atoms with Gasteiger partial charge in [-0.15, -0.1) is 0 Å². The Hall–Kier alpha value is -2.53. The molecule has 28 heavy (non-hydrogen) atoms. The molecule has 3 aromatic rings. The number of rotatable bonds is 8. The maximum Gasteiger partial charge on any atom is 0.161 e. The van der Waals surface area contributed by atoms with Crippen molar-refractivity contribution in [3.05, 3.63) is 54.4 Å². The van der Waals surface area contributed by atoms with Crippen molar-refractivity contribution in [1.82, 2.24) is 14.5 Å². The Labute approximate surface area is 166 Å². The fourth-order valence-electron chi connectivity index (χ4n) is 3.96. The summed E-state index contributed by atoms with van der Waals surface area (Å²) in [5, 5.41) is 0. The summed E-state index contributed by atoms with van der Waals surface area (Å²) in [4.78, 5) is 7.47. The lowest BCUT2D eigenvalue weighted by atomic mass is 10.1. The normalized spacial score (nSPS) is 15.0. The smallest absolute Gasteiger partial charge is 0.161 e. The lowest BCUT2D eigenvalue weighted by molar-refractivity contribution is 0.212. The number of imidazole rings is 1. The number of aromatic nitrogens is 2. The topological polar surface area (TPSA) is 39.5 Å². The molecule has 148 valence electrons. The van der Waals surface area contributed by atoms with Gasteiger partial charge in [0.05, 0.1) is 31.3 Å². The standard InChI is InChI=1S/C23H29N3O2/c1-27-21-12-5-6-13-22(21)28-17-9-16-26-20-11-4-3-10-19(20)24-23(26)18-25-14-7-2-8-15-25/h3-6,10-13H,2,7-9,14-18H2,1H3. The van der Waals surface area contributed by atoms with Gasteiger partial charge < -0.3 is 14.0 Å². The molecule has 1 aliphatic heterocycles. The van der Waals surface area contributed by atoms with Gasteiger partial charge in [-0.05, 0) is 56.6 Å². The number of ether oxygens (including phenoxy) is 2. The summed E-state index contributed by atoms with van der Waals surface area (Å²) in [5.74, 6) is 2.75. The van der Waals surface area contributed by atoms with Crippen molar-refractivity contribution < 1.29 is 9.47 Å². The van der Waals surface area contributed by atoms with E-state index in [0.717, 1.165) is 36.5 Å². The van der Waals surface area contributed by atoms with E-state index in [9.17, 15) is 0 Å². The monoisotopic (exact) mass is 379 g/mol. The summed E-state index contributed by atoms with van der Waals surface area (Å²) in [6, 6.07) is 16.2. The second-order valence-electron chi connectivity index (χ2n) is 7.36. The summed E-state index contributed by atoms with van der Waals surface area (Å²) >= 11 is 0. The minimum atomic E-state index is 0.649. The van der Waals surface area contributed by atoms with Crippen LogP contribution in [-0.4, -0.2) is 41.3 Å². The fourth-order valence-corrected chi connectivity index (χ4v) is 3.96. The third kappa shape index (κ3) is 4.30. The average Bonchev–Trinajstić information content (AvgIpc) is 3.09. The first-order valence-electron chi connectivity index (χ1n) is 10.3. The number of fused-ring (bicyclic) bond motifs is 1. The molecule has 1 saturated heterocycles. The van der Waals surface area contributed by atoms with Crippen LogP contribution in [0.2, 0.25) is 0 Å². The molecule has 0 spiro atoms. The number of para-hydroxylation sites is 4. The van der Waals surface area contributed by atoms with E-state index in [-0.39, 0.29) is 0 Å². The largest absolute Gasteiger partial charge is 0.493 e. The van der Waals surface area contributed by atoms with E-state index in [2.05, 4.69) is 33.7 Å². The summed E-state index contributed by atoms with van der Waals surface area (Å²) in [6.45, 7) is 4.84. The van der Waals surface area contributed by atoms with E-state index in [1.54, 1.807) is 7.11 Å². The molecule has 1 aliphatic rings. The summed E-state index contributed by atoms with van der Waals surface area (Å²) in [5.41, 5.74) is 2.30. The number of methoxy groups -OCH3 is 1. The van der Waals surface area contributed by atoms with Gasteiger partial charge in [-0.25, -0.2) is 4.98 Å². The van der Waals surface area contributed by atoms with E-state index in [1.807, 2.05) is 24.3 Å². The lowest BCUT2D eigenvalue weighted by Gasteiger charge is -2.26. The van der Waals surface area contributed by atoms with E-state index < -0.39 is 0 Å².